The van der Waals surface area contributed by atoms with Gasteiger partial charge in [0.2, 0.25) is 0 Å². The Morgan fingerprint density at radius 1 is 1.14 bits per heavy atom. The third-order valence-corrected chi connectivity index (χ3v) is 5.75. The van der Waals surface area contributed by atoms with Crippen molar-refractivity contribution in [1.29, 1.82) is 0 Å². The van der Waals surface area contributed by atoms with E-state index < -0.39 is 0 Å². The first-order valence-electron chi connectivity index (χ1n) is 8.62. The number of rotatable bonds is 4. The second kappa shape index (κ2) is 7.15. The van der Waals surface area contributed by atoms with Gasteiger partial charge in [0.1, 0.15) is 0 Å². The van der Waals surface area contributed by atoms with Crippen molar-refractivity contribution in [2.45, 2.75) is 81.8 Å². The lowest BCUT2D eigenvalue weighted by Crippen LogP contribution is -2.40. The Morgan fingerprint density at radius 3 is 2.62 bits per heavy atom. The van der Waals surface area contributed by atoms with Crippen molar-refractivity contribution in [1.82, 2.24) is 14.7 Å². The van der Waals surface area contributed by atoms with E-state index in [1.165, 1.54) is 57.1 Å². The number of alkyl halides is 1. The number of hydrogen-bond acceptors (Lipinski definition) is 2. The van der Waals surface area contributed by atoms with Gasteiger partial charge in [-0.1, -0.05) is 32.1 Å². The maximum absolute atomic E-state index is 6.50. The van der Waals surface area contributed by atoms with Gasteiger partial charge in [0, 0.05) is 24.2 Å². The molecule has 3 nitrogen and oxygen atoms in total. The van der Waals surface area contributed by atoms with Crippen LogP contribution in [0.2, 0.25) is 0 Å². The summed E-state index contributed by atoms with van der Waals surface area (Å²) in [5.41, 5.74) is 1.19. The van der Waals surface area contributed by atoms with Crippen LogP contribution in [0.15, 0.2) is 12.3 Å². The van der Waals surface area contributed by atoms with Gasteiger partial charge >= 0.3 is 0 Å². The van der Waals surface area contributed by atoms with Crippen LogP contribution in [0.4, 0.5) is 0 Å². The van der Waals surface area contributed by atoms with Crippen LogP contribution < -0.4 is 0 Å². The zero-order valence-electron chi connectivity index (χ0n) is 13.2. The first-order valence-corrected chi connectivity index (χ1v) is 9.06. The van der Waals surface area contributed by atoms with Gasteiger partial charge in [-0.3, -0.25) is 9.58 Å². The zero-order valence-corrected chi connectivity index (χ0v) is 13.9. The van der Waals surface area contributed by atoms with E-state index in [0.717, 1.165) is 13.0 Å². The van der Waals surface area contributed by atoms with Crippen LogP contribution in [0.3, 0.4) is 0 Å². The molecule has 0 radical (unpaired) electrons. The Hall–Kier alpha value is -0.540. The molecule has 0 spiro atoms. The second-order valence-electron chi connectivity index (χ2n) is 6.86. The fourth-order valence-corrected chi connectivity index (χ4v) is 4.42. The molecule has 0 amide bonds. The number of nitrogens with zero attached hydrogens (tertiary/aromatic N) is 3. The molecule has 2 saturated carbocycles. The molecule has 1 aromatic heterocycles. The van der Waals surface area contributed by atoms with Crippen molar-refractivity contribution in [2.24, 2.45) is 0 Å². The third-order valence-electron chi connectivity index (χ3n) is 5.24. The fourth-order valence-electron chi connectivity index (χ4n) is 3.95. The highest BCUT2D eigenvalue weighted by atomic mass is 35.5. The molecule has 1 aromatic rings. The SMILES string of the molecule is CN(Cc1ccn(C2CCCCC2)n1)C1CCCCC1Cl. The van der Waals surface area contributed by atoms with Gasteiger partial charge in [-0.15, -0.1) is 11.6 Å². The van der Waals surface area contributed by atoms with Crippen molar-refractivity contribution in [3.63, 3.8) is 0 Å². The average molecular weight is 310 g/mol. The summed E-state index contributed by atoms with van der Waals surface area (Å²) in [6.07, 6.45) is 13.9. The van der Waals surface area contributed by atoms with Crippen molar-refractivity contribution < 1.29 is 0 Å². The van der Waals surface area contributed by atoms with E-state index in [0.29, 0.717) is 17.5 Å². The van der Waals surface area contributed by atoms with Gasteiger partial charge in [-0.25, -0.2) is 0 Å². The van der Waals surface area contributed by atoms with Gasteiger partial charge in [0.15, 0.2) is 0 Å². The molecular formula is C17H28ClN3. The minimum atomic E-state index is 0.309. The molecule has 0 saturated heterocycles. The smallest absolute Gasteiger partial charge is 0.0764 e. The topological polar surface area (TPSA) is 21.1 Å². The summed E-state index contributed by atoms with van der Waals surface area (Å²) < 4.78 is 2.21. The highest BCUT2D eigenvalue weighted by Crippen LogP contribution is 2.29. The van der Waals surface area contributed by atoms with Gasteiger partial charge in [-0.05, 0) is 38.8 Å². The van der Waals surface area contributed by atoms with Crippen LogP contribution in [0.5, 0.6) is 0 Å². The Labute approximate surface area is 133 Å². The largest absolute Gasteiger partial charge is 0.296 e. The molecule has 118 valence electrons. The standard InChI is InChI=1S/C17H28ClN3/c1-20(17-10-6-5-9-16(17)18)13-14-11-12-21(19-14)15-7-3-2-4-8-15/h11-12,15-17H,2-10,13H2,1H3. The highest BCUT2D eigenvalue weighted by Gasteiger charge is 2.27. The van der Waals surface area contributed by atoms with E-state index in [4.69, 9.17) is 16.7 Å². The molecule has 0 N–H and O–H groups in total. The molecule has 2 atom stereocenters. The van der Waals surface area contributed by atoms with Crippen LogP contribution in [0.1, 0.15) is 69.5 Å². The lowest BCUT2D eigenvalue weighted by atomic mass is 9.94. The quantitative estimate of drug-likeness (QED) is 0.770. The summed E-state index contributed by atoms with van der Waals surface area (Å²) in [6, 6.07) is 3.34. The van der Waals surface area contributed by atoms with Crippen molar-refractivity contribution in [3.05, 3.63) is 18.0 Å². The van der Waals surface area contributed by atoms with Crippen LogP contribution in [0.25, 0.3) is 0 Å². The molecule has 0 aromatic carbocycles. The van der Waals surface area contributed by atoms with Gasteiger partial charge < -0.3 is 0 Å². The van der Waals surface area contributed by atoms with Gasteiger partial charge in [0.05, 0.1) is 11.7 Å². The molecular weight excluding hydrogens is 282 g/mol. The normalized spacial score (nSPS) is 28.1. The summed E-state index contributed by atoms with van der Waals surface area (Å²) >= 11 is 6.50. The fraction of sp³-hybridized carbons (Fsp3) is 0.824. The maximum Gasteiger partial charge on any atom is 0.0764 e. The summed E-state index contributed by atoms with van der Waals surface area (Å²) in [4.78, 5) is 2.41. The molecule has 21 heavy (non-hydrogen) atoms. The second-order valence-corrected chi connectivity index (χ2v) is 7.42. The minimum absolute atomic E-state index is 0.309. The molecule has 2 aliphatic rings. The van der Waals surface area contributed by atoms with E-state index in [1.807, 2.05) is 0 Å². The van der Waals surface area contributed by atoms with E-state index in [1.54, 1.807) is 0 Å². The van der Waals surface area contributed by atoms with Crippen LogP contribution in [-0.4, -0.2) is 33.1 Å². The van der Waals surface area contributed by atoms with Crippen LogP contribution in [-0.2, 0) is 6.54 Å². The lowest BCUT2D eigenvalue weighted by molar-refractivity contribution is 0.185. The molecule has 4 heteroatoms. The minimum Gasteiger partial charge on any atom is -0.296 e. The summed E-state index contributed by atoms with van der Waals surface area (Å²) in [5.74, 6) is 0. The monoisotopic (exact) mass is 309 g/mol. The van der Waals surface area contributed by atoms with E-state index in [-0.39, 0.29) is 0 Å². The predicted molar refractivity (Wildman–Crippen MR) is 87.7 cm³/mol. The van der Waals surface area contributed by atoms with E-state index >= 15 is 0 Å². The maximum atomic E-state index is 6.50. The van der Waals surface area contributed by atoms with Crippen LogP contribution in [0, 0.1) is 0 Å². The lowest BCUT2D eigenvalue weighted by Gasteiger charge is -2.34. The number of halogens is 1. The van der Waals surface area contributed by atoms with Crippen molar-refractivity contribution >= 4 is 11.6 Å². The first kappa shape index (κ1) is 15.4. The molecule has 2 aliphatic carbocycles. The zero-order chi connectivity index (χ0) is 14.7. The average Bonchev–Trinajstić information content (AvgIpc) is 2.97. The van der Waals surface area contributed by atoms with Crippen molar-refractivity contribution in [3.8, 4) is 0 Å². The van der Waals surface area contributed by atoms with E-state index in [9.17, 15) is 0 Å². The van der Waals surface area contributed by atoms with Crippen molar-refractivity contribution in [2.75, 3.05) is 7.05 Å². The predicted octanol–water partition coefficient (Wildman–Crippen LogP) is 4.37. The first-order chi connectivity index (χ1) is 10.2. The Balaban J connectivity index is 1.58. The number of hydrogen-bond donors (Lipinski definition) is 0. The summed E-state index contributed by atoms with van der Waals surface area (Å²) in [7, 11) is 2.20. The third kappa shape index (κ3) is 3.81. The van der Waals surface area contributed by atoms with E-state index in [2.05, 4.69) is 28.9 Å². The Morgan fingerprint density at radius 2 is 1.86 bits per heavy atom. The molecule has 0 bridgehead atoms. The Kier molecular flexibility index (Phi) is 5.23. The molecule has 1 heterocycles. The summed E-state index contributed by atoms with van der Waals surface area (Å²) in [5, 5.41) is 5.14. The molecule has 2 fully saturated rings. The Bertz CT molecular complexity index is 439. The van der Waals surface area contributed by atoms with Gasteiger partial charge in [-0.2, -0.15) is 5.10 Å². The summed E-state index contributed by atoms with van der Waals surface area (Å²) in [6.45, 7) is 0.924. The molecule has 2 unspecified atom stereocenters. The number of aromatic nitrogens is 2. The molecule has 0 aliphatic heterocycles. The van der Waals surface area contributed by atoms with Gasteiger partial charge in [0.25, 0.3) is 0 Å². The van der Waals surface area contributed by atoms with Crippen LogP contribution >= 0.6 is 11.6 Å². The molecule has 3 rings (SSSR count). The highest BCUT2D eigenvalue weighted by molar-refractivity contribution is 6.21.